The van der Waals surface area contributed by atoms with Crippen LogP contribution in [-0.4, -0.2) is 30.9 Å². The van der Waals surface area contributed by atoms with Crippen molar-refractivity contribution in [2.75, 3.05) is 20.1 Å². The molecule has 0 aromatic heterocycles. The van der Waals surface area contributed by atoms with E-state index < -0.39 is 0 Å². The van der Waals surface area contributed by atoms with E-state index >= 15 is 0 Å². The predicted molar refractivity (Wildman–Crippen MR) is 39.4 cm³/mol. The molecule has 0 saturated carbocycles. The number of hydrogen-bond acceptors (Lipinski definition) is 2. The van der Waals surface area contributed by atoms with E-state index in [1.807, 2.05) is 13.1 Å². The van der Waals surface area contributed by atoms with E-state index in [4.69, 9.17) is 5.73 Å². The van der Waals surface area contributed by atoms with E-state index in [-0.39, 0.29) is 5.91 Å². The molecule has 1 rings (SSSR count). The normalized spacial score (nSPS) is 20.3. The van der Waals surface area contributed by atoms with Crippen molar-refractivity contribution in [1.29, 1.82) is 0 Å². The van der Waals surface area contributed by atoms with Crippen LogP contribution in [0.15, 0.2) is 11.6 Å². The van der Waals surface area contributed by atoms with Crippen LogP contribution in [0.4, 0.5) is 0 Å². The van der Waals surface area contributed by atoms with Crippen LogP contribution in [0.1, 0.15) is 6.42 Å². The fraction of sp³-hybridized carbons (Fsp3) is 0.571. The van der Waals surface area contributed by atoms with Gasteiger partial charge in [-0.05, 0) is 13.5 Å². The van der Waals surface area contributed by atoms with Crippen LogP contribution in [-0.2, 0) is 4.79 Å². The summed E-state index contributed by atoms with van der Waals surface area (Å²) in [5, 5.41) is 0. The summed E-state index contributed by atoms with van der Waals surface area (Å²) in [6.07, 6.45) is 2.69. The summed E-state index contributed by atoms with van der Waals surface area (Å²) in [6, 6.07) is 0. The number of primary amides is 1. The zero-order chi connectivity index (χ0) is 7.56. The zero-order valence-corrected chi connectivity index (χ0v) is 6.13. The molecule has 10 heavy (non-hydrogen) atoms. The lowest BCUT2D eigenvalue weighted by Gasteiger charge is -2.19. The third kappa shape index (κ3) is 1.57. The zero-order valence-electron chi connectivity index (χ0n) is 6.13. The van der Waals surface area contributed by atoms with E-state index in [1.165, 1.54) is 0 Å². The van der Waals surface area contributed by atoms with Gasteiger partial charge in [0, 0.05) is 18.7 Å². The highest BCUT2D eigenvalue weighted by molar-refractivity contribution is 5.92. The third-order valence-electron chi connectivity index (χ3n) is 1.73. The second-order valence-corrected chi connectivity index (χ2v) is 2.61. The van der Waals surface area contributed by atoms with E-state index in [0.717, 1.165) is 25.1 Å². The molecule has 1 amide bonds. The predicted octanol–water partition coefficient (Wildman–Crippen LogP) is -0.266. The van der Waals surface area contributed by atoms with Gasteiger partial charge in [0.25, 0.3) is 0 Å². The first-order valence-electron chi connectivity index (χ1n) is 3.37. The first kappa shape index (κ1) is 7.28. The number of likely N-dealkylation sites (N-methyl/N-ethyl adjacent to an activating group) is 1. The highest BCUT2D eigenvalue weighted by Gasteiger charge is 2.10. The number of carbonyl (C=O) groups excluding carboxylic acids is 1. The van der Waals surface area contributed by atoms with Gasteiger partial charge in [-0.3, -0.25) is 4.79 Å². The highest BCUT2D eigenvalue weighted by atomic mass is 16.1. The minimum Gasteiger partial charge on any atom is -0.366 e. The summed E-state index contributed by atoms with van der Waals surface area (Å²) in [5.74, 6) is -0.270. The van der Waals surface area contributed by atoms with Crippen LogP contribution >= 0.6 is 0 Å². The van der Waals surface area contributed by atoms with Gasteiger partial charge < -0.3 is 10.6 Å². The maximum atomic E-state index is 10.6. The molecule has 0 atom stereocenters. The molecule has 0 spiro atoms. The van der Waals surface area contributed by atoms with Gasteiger partial charge in [0.05, 0.1) is 0 Å². The summed E-state index contributed by atoms with van der Waals surface area (Å²) >= 11 is 0. The van der Waals surface area contributed by atoms with Crippen LogP contribution in [0.5, 0.6) is 0 Å². The lowest BCUT2D eigenvalue weighted by atomic mass is 10.1. The Morgan fingerprint density at radius 1 is 1.80 bits per heavy atom. The SMILES string of the molecule is CN1CC=C(C(N)=O)CC1. The van der Waals surface area contributed by atoms with Crippen LogP contribution in [0, 0.1) is 0 Å². The maximum absolute atomic E-state index is 10.6. The first-order chi connectivity index (χ1) is 4.70. The Hall–Kier alpha value is -0.830. The monoisotopic (exact) mass is 140 g/mol. The molecule has 0 fully saturated rings. The fourth-order valence-corrected chi connectivity index (χ4v) is 0.994. The molecular weight excluding hydrogens is 128 g/mol. The van der Waals surface area contributed by atoms with Gasteiger partial charge in [-0.1, -0.05) is 6.08 Å². The molecule has 1 heterocycles. The topological polar surface area (TPSA) is 46.3 Å². The van der Waals surface area contributed by atoms with E-state index in [0.29, 0.717) is 0 Å². The second-order valence-electron chi connectivity index (χ2n) is 2.61. The number of nitrogens with two attached hydrogens (primary N) is 1. The summed E-state index contributed by atoms with van der Waals surface area (Å²) < 4.78 is 0. The third-order valence-corrected chi connectivity index (χ3v) is 1.73. The molecule has 0 unspecified atom stereocenters. The molecule has 0 aliphatic carbocycles. The number of carbonyl (C=O) groups is 1. The van der Waals surface area contributed by atoms with Crippen molar-refractivity contribution in [1.82, 2.24) is 4.90 Å². The molecule has 0 aromatic rings. The van der Waals surface area contributed by atoms with Crippen molar-refractivity contribution in [3.63, 3.8) is 0 Å². The molecular formula is C7H12N2O. The quantitative estimate of drug-likeness (QED) is 0.545. The average Bonchev–Trinajstić information content (AvgIpc) is 1.88. The van der Waals surface area contributed by atoms with Gasteiger partial charge in [-0.15, -0.1) is 0 Å². The maximum Gasteiger partial charge on any atom is 0.244 e. The van der Waals surface area contributed by atoms with Gasteiger partial charge in [0.1, 0.15) is 0 Å². The van der Waals surface area contributed by atoms with Crippen molar-refractivity contribution < 1.29 is 4.79 Å². The Balaban J connectivity index is 2.56. The Morgan fingerprint density at radius 3 is 2.90 bits per heavy atom. The summed E-state index contributed by atoms with van der Waals surface area (Å²) in [4.78, 5) is 12.7. The molecule has 56 valence electrons. The molecule has 0 aromatic carbocycles. The smallest absolute Gasteiger partial charge is 0.244 e. The molecule has 2 N–H and O–H groups in total. The first-order valence-corrected chi connectivity index (χ1v) is 3.37. The Bertz CT molecular complexity index is 174. The van der Waals surface area contributed by atoms with Gasteiger partial charge >= 0.3 is 0 Å². The molecule has 3 heteroatoms. The van der Waals surface area contributed by atoms with Gasteiger partial charge in [0.15, 0.2) is 0 Å². The lowest BCUT2D eigenvalue weighted by molar-refractivity contribution is -0.114. The van der Waals surface area contributed by atoms with Gasteiger partial charge in [-0.2, -0.15) is 0 Å². The van der Waals surface area contributed by atoms with E-state index in [9.17, 15) is 4.79 Å². The van der Waals surface area contributed by atoms with Crippen molar-refractivity contribution >= 4 is 5.91 Å². The summed E-state index contributed by atoms with van der Waals surface area (Å²) in [5.41, 5.74) is 5.86. The van der Waals surface area contributed by atoms with Gasteiger partial charge in [-0.25, -0.2) is 0 Å². The Labute approximate surface area is 60.5 Å². The number of rotatable bonds is 1. The van der Waals surface area contributed by atoms with Crippen molar-refractivity contribution in [2.24, 2.45) is 5.73 Å². The number of nitrogens with zero attached hydrogens (tertiary/aromatic N) is 1. The Kier molecular flexibility index (Phi) is 2.06. The Morgan fingerprint density at radius 2 is 2.50 bits per heavy atom. The molecule has 0 bridgehead atoms. The highest BCUT2D eigenvalue weighted by Crippen LogP contribution is 2.07. The van der Waals surface area contributed by atoms with Crippen LogP contribution in [0.3, 0.4) is 0 Å². The van der Waals surface area contributed by atoms with E-state index in [2.05, 4.69) is 4.90 Å². The second kappa shape index (κ2) is 2.84. The van der Waals surface area contributed by atoms with E-state index in [1.54, 1.807) is 0 Å². The molecule has 1 aliphatic heterocycles. The van der Waals surface area contributed by atoms with Crippen molar-refractivity contribution in [2.45, 2.75) is 6.42 Å². The molecule has 3 nitrogen and oxygen atoms in total. The molecule has 0 saturated heterocycles. The van der Waals surface area contributed by atoms with Crippen molar-refractivity contribution in [3.05, 3.63) is 11.6 Å². The van der Waals surface area contributed by atoms with Gasteiger partial charge in [0.2, 0.25) is 5.91 Å². The fourth-order valence-electron chi connectivity index (χ4n) is 0.994. The minimum atomic E-state index is -0.270. The largest absolute Gasteiger partial charge is 0.366 e. The van der Waals surface area contributed by atoms with Crippen LogP contribution in [0.25, 0.3) is 0 Å². The summed E-state index contributed by atoms with van der Waals surface area (Å²) in [6.45, 7) is 1.78. The van der Waals surface area contributed by atoms with Crippen molar-refractivity contribution in [3.8, 4) is 0 Å². The molecule has 1 aliphatic rings. The number of amides is 1. The average molecular weight is 140 g/mol. The minimum absolute atomic E-state index is 0.270. The lowest BCUT2D eigenvalue weighted by Crippen LogP contribution is -2.28. The summed E-state index contributed by atoms with van der Waals surface area (Å²) in [7, 11) is 2.02. The van der Waals surface area contributed by atoms with Crippen LogP contribution < -0.4 is 5.73 Å². The molecule has 0 radical (unpaired) electrons. The van der Waals surface area contributed by atoms with Crippen LogP contribution in [0.2, 0.25) is 0 Å². The number of hydrogen-bond donors (Lipinski definition) is 1. The standard InChI is InChI=1S/C7H12N2O/c1-9-4-2-6(3-5-9)7(8)10/h2H,3-5H2,1H3,(H2,8,10).